The number of hydrogen-bond acceptors (Lipinski definition) is 8. The number of aromatic nitrogens is 3. The summed E-state index contributed by atoms with van der Waals surface area (Å²) < 4.78 is 12.1. The van der Waals surface area contributed by atoms with Crippen molar-refractivity contribution in [3.8, 4) is 28.3 Å². The Labute approximate surface area is 254 Å². The van der Waals surface area contributed by atoms with Crippen LogP contribution < -0.4 is 20.9 Å². The number of pyridine rings is 1. The average Bonchev–Trinajstić information content (AvgIpc) is 3.00. The Morgan fingerprint density at radius 2 is 1.88 bits per heavy atom. The van der Waals surface area contributed by atoms with Crippen LogP contribution in [0, 0.1) is 13.8 Å². The van der Waals surface area contributed by atoms with Gasteiger partial charge in [0.25, 0.3) is 11.5 Å². The number of carbonyl (C=O) groups is 1. The van der Waals surface area contributed by atoms with Crippen LogP contribution in [-0.4, -0.2) is 58.2 Å². The topological polar surface area (TPSA) is 128 Å². The SMILES string of the molecule is COc1nc(-c2cccc(-c3cccc(NC(=O)c4cc(C)nn(C)c4=O)c3C)c2Cl)ccc1CN[C@@H]1CCOC[C@@H]1O. The van der Waals surface area contributed by atoms with E-state index >= 15 is 0 Å². The number of ether oxygens (including phenoxy) is 2. The molecule has 2 atom stereocenters. The van der Waals surface area contributed by atoms with E-state index in [2.05, 4.69) is 15.7 Å². The summed E-state index contributed by atoms with van der Waals surface area (Å²) in [6, 6.07) is 16.5. The van der Waals surface area contributed by atoms with Gasteiger partial charge in [-0.25, -0.2) is 9.67 Å². The van der Waals surface area contributed by atoms with E-state index in [4.69, 9.17) is 26.1 Å². The lowest BCUT2D eigenvalue weighted by Gasteiger charge is -2.28. The molecule has 0 aliphatic carbocycles. The van der Waals surface area contributed by atoms with Crippen LogP contribution in [0.15, 0.2) is 59.4 Å². The van der Waals surface area contributed by atoms with Gasteiger partial charge < -0.3 is 25.2 Å². The largest absolute Gasteiger partial charge is 0.481 e. The molecule has 0 unspecified atom stereocenters. The number of carbonyl (C=O) groups excluding carboxylic acids is 1. The molecule has 1 aliphatic rings. The molecule has 0 radical (unpaired) electrons. The maximum Gasteiger partial charge on any atom is 0.279 e. The monoisotopic (exact) mass is 603 g/mol. The van der Waals surface area contributed by atoms with Crippen molar-refractivity contribution in [1.82, 2.24) is 20.1 Å². The summed E-state index contributed by atoms with van der Waals surface area (Å²) in [4.78, 5) is 30.3. The van der Waals surface area contributed by atoms with E-state index in [1.54, 1.807) is 20.1 Å². The summed E-state index contributed by atoms with van der Waals surface area (Å²) in [7, 11) is 3.09. The third kappa shape index (κ3) is 6.47. The number of aryl methyl sites for hydroxylation is 2. The molecular formula is C32H34ClN5O5. The highest BCUT2D eigenvalue weighted by atomic mass is 35.5. The fourth-order valence-corrected chi connectivity index (χ4v) is 5.57. The lowest BCUT2D eigenvalue weighted by Crippen LogP contribution is -2.46. The van der Waals surface area contributed by atoms with Gasteiger partial charge in [0.1, 0.15) is 5.56 Å². The second kappa shape index (κ2) is 13.0. The highest BCUT2D eigenvalue weighted by Gasteiger charge is 2.24. The summed E-state index contributed by atoms with van der Waals surface area (Å²) >= 11 is 7.00. The Bertz CT molecular complexity index is 1720. The summed E-state index contributed by atoms with van der Waals surface area (Å²) in [6.07, 6.45) is 0.166. The Hall–Kier alpha value is -4.09. The maximum absolute atomic E-state index is 13.1. The first-order valence-electron chi connectivity index (χ1n) is 14.0. The second-order valence-electron chi connectivity index (χ2n) is 10.5. The minimum Gasteiger partial charge on any atom is -0.481 e. The molecule has 3 heterocycles. The highest BCUT2D eigenvalue weighted by molar-refractivity contribution is 6.36. The minimum absolute atomic E-state index is 0.0161. The van der Waals surface area contributed by atoms with Crippen LogP contribution in [0.4, 0.5) is 5.69 Å². The quantitative estimate of drug-likeness (QED) is 0.272. The van der Waals surface area contributed by atoms with E-state index in [-0.39, 0.29) is 11.6 Å². The molecule has 5 rings (SSSR count). The molecule has 43 heavy (non-hydrogen) atoms. The third-order valence-corrected chi connectivity index (χ3v) is 8.00. The number of nitrogens with zero attached hydrogens (tertiary/aromatic N) is 3. The van der Waals surface area contributed by atoms with Crippen molar-refractivity contribution < 1.29 is 19.4 Å². The van der Waals surface area contributed by atoms with E-state index in [1.807, 2.05) is 49.4 Å². The van der Waals surface area contributed by atoms with Crippen LogP contribution in [0.25, 0.3) is 22.4 Å². The second-order valence-corrected chi connectivity index (χ2v) is 10.9. The van der Waals surface area contributed by atoms with Crippen molar-refractivity contribution in [2.24, 2.45) is 7.05 Å². The normalized spacial score (nSPS) is 16.6. The van der Waals surface area contributed by atoms with Crippen LogP contribution in [0.2, 0.25) is 5.02 Å². The summed E-state index contributed by atoms with van der Waals surface area (Å²) in [5, 5.41) is 21.0. The molecule has 10 nitrogen and oxygen atoms in total. The van der Waals surface area contributed by atoms with Gasteiger partial charge in [0, 0.05) is 48.6 Å². The van der Waals surface area contributed by atoms with Crippen LogP contribution in [0.3, 0.4) is 0 Å². The average molecular weight is 604 g/mol. The number of amides is 1. The molecule has 1 aliphatic heterocycles. The third-order valence-electron chi connectivity index (χ3n) is 7.59. The number of hydrogen-bond donors (Lipinski definition) is 3. The van der Waals surface area contributed by atoms with Gasteiger partial charge in [0.05, 0.1) is 36.2 Å². The van der Waals surface area contributed by atoms with Gasteiger partial charge in [-0.15, -0.1) is 0 Å². The Morgan fingerprint density at radius 3 is 2.65 bits per heavy atom. The molecule has 2 aromatic heterocycles. The number of nitrogens with one attached hydrogen (secondary N) is 2. The number of methoxy groups -OCH3 is 1. The van der Waals surface area contributed by atoms with Gasteiger partial charge in [-0.1, -0.05) is 48.0 Å². The van der Waals surface area contributed by atoms with Crippen LogP contribution >= 0.6 is 11.6 Å². The fraction of sp³-hybridized carbons (Fsp3) is 0.312. The highest BCUT2D eigenvalue weighted by Crippen LogP contribution is 2.39. The first-order chi connectivity index (χ1) is 20.7. The molecule has 1 fully saturated rings. The van der Waals surface area contributed by atoms with Gasteiger partial charge in [0.15, 0.2) is 0 Å². The molecule has 1 saturated heterocycles. The predicted molar refractivity (Wildman–Crippen MR) is 166 cm³/mol. The molecule has 0 saturated carbocycles. The first-order valence-corrected chi connectivity index (χ1v) is 14.3. The maximum atomic E-state index is 13.1. The zero-order valence-corrected chi connectivity index (χ0v) is 25.2. The standard InChI is InChI=1S/C32H34ClN5O5/c1-18-15-24(32(41)38(3)37-18)30(40)35-25-10-6-7-21(19(25)2)22-8-5-9-23(29(22)33)26-12-11-20(31(36-26)42-4)16-34-27-13-14-43-17-28(27)39/h5-12,15,27-28,34,39H,13-14,16-17H2,1-4H3,(H,35,40)/t27-,28+/m1/s1. The lowest BCUT2D eigenvalue weighted by molar-refractivity contribution is -0.0281. The fourth-order valence-electron chi connectivity index (χ4n) is 5.24. The molecule has 0 bridgehead atoms. The molecule has 3 N–H and O–H groups in total. The summed E-state index contributed by atoms with van der Waals surface area (Å²) in [6.45, 7) is 5.03. The summed E-state index contributed by atoms with van der Waals surface area (Å²) in [5.41, 5.74) is 5.28. The van der Waals surface area contributed by atoms with Crippen LogP contribution in [0.5, 0.6) is 5.88 Å². The van der Waals surface area contributed by atoms with Crippen molar-refractivity contribution in [2.45, 2.75) is 39.0 Å². The molecule has 0 spiro atoms. The Morgan fingerprint density at radius 1 is 1.14 bits per heavy atom. The molecular weight excluding hydrogens is 570 g/mol. The van der Waals surface area contributed by atoms with E-state index in [0.29, 0.717) is 47.7 Å². The van der Waals surface area contributed by atoms with Crippen molar-refractivity contribution >= 4 is 23.2 Å². The zero-order valence-electron chi connectivity index (χ0n) is 24.5. The molecule has 224 valence electrons. The molecule has 2 aromatic carbocycles. The van der Waals surface area contributed by atoms with Crippen molar-refractivity contribution in [3.05, 3.63) is 92.4 Å². The Kier molecular flexibility index (Phi) is 9.22. The number of anilines is 1. The van der Waals surface area contributed by atoms with Gasteiger partial charge in [-0.3, -0.25) is 9.59 Å². The minimum atomic E-state index is -0.559. The molecule has 4 aromatic rings. The number of halogens is 1. The van der Waals surface area contributed by atoms with Gasteiger partial charge >= 0.3 is 0 Å². The summed E-state index contributed by atoms with van der Waals surface area (Å²) in [5.74, 6) is -0.0465. The van der Waals surface area contributed by atoms with E-state index < -0.39 is 17.6 Å². The molecule has 11 heteroatoms. The van der Waals surface area contributed by atoms with Crippen LogP contribution in [0.1, 0.15) is 33.6 Å². The predicted octanol–water partition coefficient (Wildman–Crippen LogP) is 4.28. The van der Waals surface area contributed by atoms with E-state index in [1.165, 1.54) is 13.1 Å². The number of aliphatic hydroxyl groups excluding tert-OH is 1. The number of aliphatic hydroxyl groups is 1. The Balaban J connectivity index is 1.41. The lowest BCUT2D eigenvalue weighted by atomic mass is 9.96. The van der Waals surface area contributed by atoms with Crippen molar-refractivity contribution in [1.29, 1.82) is 0 Å². The van der Waals surface area contributed by atoms with E-state index in [0.717, 1.165) is 38.9 Å². The van der Waals surface area contributed by atoms with Gasteiger partial charge in [-0.2, -0.15) is 5.10 Å². The van der Waals surface area contributed by atoms with Crippen molar-refractivity contribution in [3.63, 3.8) is 0 Å². The van der Waals surface area contributed by atoms with Crippen LogP contribution in [-0.2, 0) is 18.3 Å². The number of rotatable bonds is 8. The van der Waals surface area contributed by atoms with Gasteiger partial charge in [0.2, 0.25) is 5.88 Å². The smallest absolute Gasteiger partial charge is 0.279 e. The first kappa shape index (κ1) is 30.4. The molecule has 1 amide bonds. The van der Waals surface area contributed by atoms with Crippen molar-refractivity contribution in [2.75, 3.05) is 25.6 Å². The van der Waals surface area contributed by atoms with Gasteiger partial charge in [-0.05, 0) is 49.6 Å². The zero-order chi connectivity index (χ0) is 30.7. The number of benzene rings is 2. The van der Waals surface area contributed by atoms with E-state index in [9.17, 15) is 14.7 Å².